The van der Waals surface area contributed by atoms with Crippen LogP contribution in [0.5, 0.6) is 0 Å². The second-order valence-corrected chi connectivity index (χ2v) is 9.19. The second-order valence-electron chi connectivity index (χ2n) is 6.72. The van der Waals surface area contributed by atoms with Crippen molar-refractivity contribution in [3.63, 3.8) is 0 Å². The molecule has 0 radical (unpaired) electrons. The van der Waals surface area contributed by atoms with Crippen LogP contribution in [0.2, 0.25) is 10.0 Å². The molecule has 0 fully saturated rings. The van der Waals surface area contributed by atoms with Crippen molar-refractivity contribution in [1.29, 1.82) is 0 Å². The molecule has 3 rings (SSSR count). The highest BCUT2D eigenvalue weighted by Crippen LogP contribution is 2.34. The Kier molecular flexibility index (Phi) is 7.51. The maximum absolute atomic E-state index is 12.9. The van der Waals surface area contributed by atoms with Gasteiger partial charge in [-0.1, -0.05) is 83.9 Å². The first kappa shape index (κ1) is 22.3. The molecule has 0 aliphatic carbocycles. The molecular formula is C24H21Cl2NO2S. The molecule has 0 saturated carbocycles. The molecular weight excluding hydrogens is 437 g/mol. The zero-order valence-electron chi connectivity index (χ0n) is 16.1. The molecule has 0 aromatic heterocycles. The van der Waals surface area contributed by atoms with Crippen molar-refractivity contribution < 1.29 is 8.42 Å². The van der Waals surface area contributed by atoms with Crippen LogP contribution in [0.25, 0.3) is 6.08 Å². The minimum Gasteiger partial charge on any atom is -0.208 e. The highest BCUT2D eigenvalue weighted by molar-refractivity contribution is 7.92. The molecule has 0 unspecified atom stereocenters. The van der Waals surface area contributed by atoms with E-state index < -0.39 is 16.1 Å². The SMILES string of the molecule is C=C[C@H](c1cccc(Cl)c1)[C@H](NS(=O)(=O)C=Cc1ccccc1)c1ccc(Cl)cc1. The molecule has 3 nitrogen and oxygen atoms in total. The fourth-order valence-corrected chi connectivity index (χ4v) is 4.52. The first-order valence-electron chi connectivity index (χ1n) is 9.27. The smallest absolute Gasteiger partial charge is 0.208 e. The quantitative estimate of drug-likeness (QED) is 0.387. The van der Waals surface area contributed by atoms with Crippen molar-refractivity contribution >= 4 is 39.3 Å². The largest absolute Gasteiger partial charge is 0.234 e. The van der Waals surface area contributed by atoms with Gasteiger partial charge in [0.25, 0.3) is 0 Å². The molecule has 1 N–H and O–H groups in total. The van der Waals surface area contributed by atoms with Gasteiger partial charge >= 0.3 is 0 Å². The zero-order valence-corrected chi connectivity index (χ0v) is 18.4. The van der Waals surface area contributed by atoms with E-state index in [-0.39, 0.29) is 5.92 Å². The predicted molar refractivity (Wildman–Crippen MR) is 126 cm³/mol. The van der Waals surface area contributed by atoms with Gasteiger partial charge < -0.3 is 0 Å². The van der Waals surface area contributed by atoms with Crippen LogP contribution in [-0.2, 0) is 10.0 Å². The molecule has 0 heterocycles. The summed E-state index contributed by atoms with van der Waals surface area (Å²) in [7, 11) is -3.75. The molecule has 0 aliphatic heterocycles. The van der Waals surface area contributed by atoms with Crippen molar-refractivity contribution in [3.8, 4) is 0 Å². The number of hydrogen-bond acceptors (Lipinski definition) is 2. The summed E-state index contributed by atoms with van der Waals surface area (Å²) in [6, 6.07) is 23.0. The van der Waals surface area contributed by atoms with Crippen LogP contribution in [0.15, 0.2) is 96.9 Å². The van der Waals surface area contributed by atoms with E-state index >= 15 is 0 Å². The van der Waals surface area contributed by atoms with Crippen molar-refractivity contribution in [3.05, 3.63) is 124 Å². The average molecular weight is 458 g/mol. The number of hydrogen-bond donors (Lipinski definition) is 1. The first-order chi connectivity index (χ1) is 14.4. The number of benzene rings is 3. The number of sulfonamides is 1. The van der Waals surface area contributed by atoms with E-state index in [0.717, 1.165) is 16.7 Å². The third-order valence-electron chi connectivity index (χ3n) is 4.61. The minimum absolute atomic E-state index is 0.343. The van der Waals surface area contributed by atoms with Gasteiger partial charge in [0.15, 0.2) is 0 Å². The summed E-state index contributed by atoms with van der Waals surface area (Å²) in [5.41, 5.74) is 2.41. The monoisotopic (exact) mass is 457 g/mol. The summed E-state index contributed by atoms with van der Waals surface area (Å²) in [5.74, 6) is -0.343. The van der Waals surface area contributed by atoms with Gasteiger partial charge in [0.05, 0.1) is 6.04 Å². The van der Waals surface area contributed by atoms with Gasteiger partial charge in [0.2, 0.25) is 10.0 Å². The summed E-state index contributed by atoms with van der Waals surface area (Å²) in [4.78, 5) is 0. The van der Waals surface area contributed by atoms with Crippen molar-refractivity contribution in [2.75, 3.05) is 0 Å². The van der Waals surface area contributed by atoms with Crippen LogP contribution >= 0.6 is 23.2 Å². The Balaban J connectivity index is 1.97. The molecule has 0 spiro atoms. The van der Waals surface area contributed by atoms with E-state index in [0.29, 0.717) is 10.0 Å². The van der Waals surface area contributed by atoms with Gasteiger partial charge in [-0.25, -0.2) is 13.1 Å². The lowest BCUT2D eigenvalue weighted by Crippen LogP contribution is -2.30. The van der Waals surface area contributed by atoms with Crippen LogP contribution in [0.3, 0.4) is 0 Å². The minimum atomic E-state index is -3.75. The Morgan fingerprint density at radius 2 is 1.53 bits per heavy atom. The van der Waals surface area contributed by atoms with Gasteiger partial charge in [-0.05, 0) is 47.0 Å². The van der Waals surface area contributed by atoms with E-state index in [1.54, 1.807) is 42.5 Å². The van der Waals surface area contributed by atoms with Crippen molar-refractivity contribution in [1.82, 2.24) is 4.72 Å². The number of rotatable bonds is 8. The number of halogens is 2. The molecule has 0 bridgehead atoms. The second kappa shape index (κ2) is 10.1. The fraction of sp³-hybridized carbons (Fsp3) is 0.0833. The van der Waals surface area contributed by atoms with Crippen molar-refractivity contribution in [2.45, 2.75) is 12.0 Å². The van der Waals surface area contributed by atoms with Crippen LogP contribution < -0.4 is 4.72 Å². The molecule has 30 heavy (non-hydrogen) atoms. The third kappa shape index (κ3) is 6.07. The summed E-state index contributed by atoms with van der Waals surface area (Å²) in [5, 5.41) is 2.31. The van der Waals surface area contributed by atoms with Crippen LogP contribution in [-0.4, -0.2) is 8.42 Å². The van der Waals surface area contributed by atoms with E-state index in [1.165, 1.54) is 5.41 Å². The van der Waals surface area contributed by atoms with E-state index in [4.69, 9.17) is 23.2 Å². The highest BCUT2D eigenvalue weighted by atomic mass is 35.5. The molecule has 0 saturated heterocycles. The Labute approximate surface area is 187 Å². The summed E-state index contributed by atoms with van der Waals surface area (Å²) in [6.07, 6.45) is 3.28. The summed E-state index contributed by atoms with van der Waals surface area (Å²) >= 11 is 12.2. The van der Waals surface area contributed by atoms with E-state index in [9.17, 15) is 8.42 Å². The Bertz CT molecular complexity index is 1130. The first-order valence-corrected chi connectivity index (χ1v) is 11.6. The Morgan fingerprint density at radius 1 is 0.833 bits per heavy atom. The zero-order chi connectivity index (χ0) is 21.6. The molecule has 0 amide bonds. The summed E-state index contributed by atoms with van der Waals surface area (Å²) in [6.45, 7) is 3.93. The summed E-state index contributed by atoms with van der Waals surface area (Å²) < 4.78 is 28.6. The highest BCUT2D eigenvalue weighted by Gasteiger charge is 2.26. The lowest BCUT2D eigenvalue weighted by molar-refractivity contribution is 0.543. The van der Waals surface area contributed by atoms with Gasteiger partial charge in [-0.3, -0.25) is 0 Å². The molecule has 3 aromatic carbocycles. The lowest BCUT2D eigenvalue weighted by atomic mass is 9.88. The Hall–Kier alpha value is -2.37. The van der Waals surface area contributed by atoms with Crippen LogP contribution in [0, 0.1) is 0 Å². The predicted octanol–water partition coefficient (Wildman–Crippen LogP) is 6.59. The fourth-order valence-electron chi connectivity index (χ4n) is 3.15. The number of nitrogens with one attached hydrogen (secondary N) is 1. The molecule has 6 heteroatoms. The van der Waals surface area contributed by atoms with Gasteiger partial charge in [-0.2, -0.15) is 0 Å². The van der Waals surface area contributed by atoms with Gasteiger partial charge in [0.1, 0.15) is 0 Å². The Morgan fingerprint density at radius 3 is 2.17 bits per heavy atom. The normalized spacial score (nSPS) is 13.8. The molecule has 2 atom stereocenters. The third-order valence-corrected chi connectivity index (χ3v) is 6.17. The maximum atomic E-state index is 12.9. The molecule has 3 aromatic rings. The molecule has 154 valence electrons. The topological polar surface area (TPSA) is 46.2 Å². The standard InChI is InChI=1S/C24H21Cl2NO2S/c1-2-23(20-9-6-10-22(26)17-20)24(19-11-13-21(25)14-12-19)27-30(28,29)16-15-18-7-4-3-5-8-18/h2-17,23-24,27H,1H2/t23-,24-/m1/s1. The lowest BCUT2D eigenvalue weighted by Gasteiger charge is -2.26. The van der Waals surface area contributed by atoms with Crippen LogP contribution in [0.4, 0.5) is 0 Å². The van der Waals surface area contributed by atoms with Gasteiger partial charge in [0, 0.05) is 21.4 Å². The average Bonchev–Trinajstić information content (AvgIpc) is 2.74. The van der Waals surface area contributed by atoms with Crippen molar-refractivity contribution in [2.24, 2.45) is 0 Å². The van der Waals surface area contributed by atoms with E-state index in [2.05, 4.69) is 11.3 Å². The van der Waals surface area contributed by atoms with Gasteiger partial charge in [-0.15, -0.1) is 6.58 Å². The molecule has 0 aliphatic rings. The van der Waals surface area contributed by atoms with E-state index in [1.807, 2.05) is 48.5 Å². The maximum Gasteiger partial charge on any atom is 0.234 e. The van der Waals surface area contributed by atoms with Crippen LogP contribution in [0.1, 0.15) is 28.7 Å².